The molecule has 21 heavy (non-hydrogen) atoms. The van der Waals surface area contributed by atoms with Gasteiger partial charge in [0.05, 0.1) is 12.2 Å². The van der Waals surface area contributed by atoms with Crippen molar-refractivity contribution in [1.82, 2.24) is 10.5 Å². The van der Waals surface area contributed by atoms with Gasteiger partial charge in [-0.1, -0.05) is 36.7 Å². The van der Waals surface area contributed by atoms with E-state index in [-0.39, 0.29) is 0 Å². The van der Waals surface area contributed by atoms with E-state index in [2.05, 4.69) is 67.3 Å². The van der Waals surface area contributed by atoms with E-state index in [0.717, 1.165) is 31.1 Å². The summed E-state index contributed by atoms with van der Waals surface area (Å²) in [5.74, 6) is 0.901. The van der Waals surface area contributed by atoms with Crippen molar-refractivity contribution < 1.29 is 4.52 Å². The molecule has 0 saturated heterocycles. The molecule has 0 bridgehead atoms. The molecule has 4 nitrogen and oxygen atoms in total. The Morgan fingerprint density at radius 1 is 1.24 bits per heavy atom. The Kier molecular flexibility index (Phi) is 5.39. The summed E-state index contributed by atoms with van der Waals surface area (Å²) >= 11 is 0. The molecule has 0 atom stereocenters. The van der Waals surface area contributed by atoms with Gasteiger partial charge >= 0.3 is 0 Å². The lowest BCUT2D eigenvalue weighted by molar-refractivity contribution is 0.372. The summed E-state index contributed by atoms with van der Waals surface area (Å²) in [6.07, 6.45) is 0. The van der Waals surface area contributed by atoms with Crippen molar-refractivity contribution in [3.05, 3.63) is 47.3 Å². The number of nitrogens with one attached hydrogen (secondary N) is 1. The predicted molar refractivity (Wildman–Crippen MR) is 86.4 cm³/mol. The lowest BCUT2D eigenvalue weighted by Crippen LogP contribution is -2.22. The van der Waals surface area contributed by atoms with Gasteiger partial charge in [-0.3, -0.25) is 0 Å². The van der Waals surface area contributed by atoms with E-state index in [1.54, 1.807) is 0 Å². The molecule has 0 aliphatic rings. The van der Waals surface area contributed by atoms with Gasteiger partial charge in [0.25, 0.3) is 0 Å². The summed E-state index contributed by atoms with van der Waals surface area (Å²) in [6.45, 7) is 10.9. The van der Waals surface area contributed by atoms with Crippen LogP contribution >= 0.6 is 0 Å². The van der Waals surface area contributed by atoms with Crippen molar-refractivity contribution >= 4 is 5.69 Å². The van der Waals surface area contributed by atoms with E-state index in [0.29, 0.717) is 6.04 Å². The van der Waals surface area contributed by atoms with E-state index in [1.165, 1.54) is 11.3 Å². The lowest BCUT2D eigenvalue weighted by Gasteiger charge is -2.21. The third-order valence-corrected chi connectivity index (χ3v) is 3.43. The van der Waals surface area contributed by atoms with Crippen molar-refractivity contribution in [2.45, 2.75) is 46.8 Å². The van der Waals surface area contributed by atoms with Crippen molar-refractivity contribution in [2.24, 2.45) is 0 Å². The standard InChI is InChI=1S/C17H25N3O/c1-5-20(16-8-6-14(4)7-9-16)12-17-10-15(19-21-17)11-18-13(2)3/h6-10,13,18H,5,11-12H2,1-4H3. The molecule has 1 heterocycles. The normalized spacial score (nSPS) is 11.1. The fourth-order valence-corrected chi connectivity index (χ4v) is 2.15. The number of rotatable bonds is 7. The van der Waals surface area contributed by atoms with E-state index in [4.69, 9.17) is 4.52 Å². The Balaban J connectivity index is 2.00. The maximum absolute atomic E-state index is 5.44. The highest BCUT2D eigenvalue weighted by atomic mass is 16.5. The Labute approximate surface area is 127 Å². The lowest BCUT2D eigenvalue weighted by atomic mass is 10.2. The number of hydrogen-bond donors (Lipinski definition) is 1. The number of anilines is 1. The second kappa shape index (κ2) is 7.27. The van der Waals surface area contributed by atoms with Crippen LogP contribution in [0.15, 0.2) is 34.9 Å². The van der Waals surface area contributed by atoms with E-state index in [9.17, 15) is 0 Å². The number of hydrogen-bond acceptors (Lipinski definition) is 4. The van der Waals surface area contributed by atoms with Crippen LogP contribution in [0.1, 0.15) is 37.8 Å². The molecule has 0 fully saturated rings. The molecule has 4 heteroatoms. The topological polar surface area (TPSA) is 41.3 Å². The van der Waals surface area contributed by atoms with Crippen LogP contribution in [-0.4, -0.2) is 17.7 Å². The van der Waals surface area contributed by atoms with Gasteiger partial charge in [0, 0.05) is 30.9 Å². The van der Waals surface area contributed by atoms with Crippen LogP contribution in [0.2, 0.25) is 0 Å². The minimum Gasteiger partial charge on any atom is -0.364 e. The van der Waals surface area contributed by atoms with Gasteiger partial charge in [-0.2, -0.15) is 0 Å². The average Bonchev–Trinajstić information content (AvgIpc) is 2.91. The molecule has 2 aromatic rings. The third-order valence-electron chi connectivity index (χ3n) is 3.43. The number of benzene rings is 1. The molecule has 114 valence electrons. The van der Waals surface area contributed by atoms with Crippen LogP contribution in [-0.2, 0) is 13.1 Å². The van der Waals surface area contributed by atoms with Crippen LogP contribution in [0.5, 0.6) is 0 Å². The summed E-state index contributed by atoms with van der Waals surface area (Å²) in [4.78, 5) is 2.28. The van der Waals surface area contributed by atoms with Gasteiger partial charge in [-0.15, -0.1) is 0 Å². The molecule has 1 aromatic heterocycles. The highest BCUT2D eigenvalue weighted by molar-refractivity contribution is 5.47. The Morgan fingerprint density at radius 3 is 2.57 bits per heavy atom. The minimum absolute atomic E-state index is 0.449. The number of aryl methyl sites for hydroxylation is 1. The summed E-state index contributed by atoms with van der Waals surface area (Å²) in [5.41, 5.74) is 3.44. The molecule has 1 aromatic carbocycles. The maximum atomic E-state index is 5.44. The zero-order chi connectivity index (χ0) is 15.2. The molecular weight excluding hydrogens is 262 g/mol. The Hall–Kier alpha value is -1.81. The highest BCUT2D eigenvalue weighted by Crippen LogP contribution is 2.18. The van der Waals surface area contributed by atoms with Crippen LogP contribution in [0.25, 0.3) is 0 Å². The largest absolute Gasteiger partial charge is 0.364 e. The first-order valence-electron chi connectivity index (χ1n) is 7.58. The molecule has 0 aliphatic heterocycles. The van der Waals surface area contributed by atoms with E-state index < -0.39 is 0 Å². The third kappa shape index (κ3) is 4.60. The fraction of sp³-hybridized carbons (Fsp3) is 0.471. The first kappa shape index (κ1) is 15.6. The second-order valence-electron chi connectivity index (χ2n) is 5.67. The van der Waals surface area contributed by atoms with Crippen LogP contribution in [0.4, 0.5) is 5.69 Å². The number of nitrogens with zero attached hydrogens (tertiary/aromatic N) is 2. The van der Waals surface area contributed by atoms with E-state index in [1.807, 2.05) is 6.07 Å². The van der Waals surface area contributed by atoms with Gasteiger partial charge in [-0.05, 0) is 26.0 Å². The van der Waals surface area contributed by atoms with Crippen molar-refractivity contribution in [3.63, 3.8) is 0 Å². The van der Waals surface area contributed by atoms with Gasteiger partial charge < -0.3 is 14.7 Å². The van der Waals surface area contributed by atoms with Crippen molar-refractivity contribution in [2.75, 3.05) is 11.4 Å². The molecule has 0 radical (unpaired) electrons. The van der Waals surface area contributed by atoms with Crippen LogP contribution in [0, 0.1) is 6.92 Å². The van der Waals surface area contributed by atoms with Gasteiger partial charge in [-0.25, -0.2) is 0 Å². The Bertz CT molecular complexity index is 545. The predicted octanol–water partition coefficient (Wildman–Crippen LogP) is 3.51. The SMILES string of the molecule is CCN(Cc1cc(CNC(C)C)no1)c1ccc(C)cc1. The molecule has 0 spiro atoms. The van der Waals surface area contributed by atoms with Crippen molar-refractivity contribution in [3.8, 4) is 0 Å². The van der Waals surface area contributed by atoms with Gasteiger partial charge in [0.15, 0.2) is 5.76 Å². The average molecular weight is 287 g/mol. The van der Waals surface area contributed by atoms with Crippen molar-refractivity contribution in [1.29, 1.82) is 0 Å². The first-order chi connectivity index (χ1) is 10.1. The molecule has 2 rings (SSSR count). The maximum Gasteiger partial charge on any atom is 0.156 e. The van der Waals surface area contributed by atoms with Crippen LogP contribution < -0.4 is 10.2 Å². The Morgan fingerprint density at radius 2 is 1.95 bits per heavy atom. The molecule has 0 saturated carbocycles. The smallest absolute Gasteiger partial charge is 0.156 e. The number of aromatic nitrogens is 1. The minimum atomic E-state index is 0.449. The summed E-state index contributed by atoms with van der Waals surface area (Å²) in [7, 11) is 0. The summed E-state index contributed by atoms with van der Waals surface area (Å²) < 4.78 is 5.44. The zero-order valence-electron chi connectivity index (χ0n) is 13.4. The first-order valence-corrected chi connectivity index (χ1v) is 7.58. The molecule has 1 N–H and O–H groups in total. The molecule has 0 aliphatic carbocycles. The molecule has 0 unspecified atom stereocenters. The highest BCUT2D eigenvalue weighted by Gasteiger charge is 2.10. The quantitative estimate of drug-likeness (QED) is 0.846. The van der Waals surface area contributed by atoms with Gasteiger partial charge in [0.2, 0.25) is 0 Å². The second-order valence-corrected chi connectivity index (χ2v) is 5.67. The summed E-state index contributed by atoms with van der Waals surface area (Å²) in [6, 6.07) is 11.1. The molecule has 0 amide bonds. The fourth-order valence-electron chi connectivity index (χ4n) is 2.15. The summed E-state index contributed by atoms with van der Waals surface area (Å²) in [5, 5.41) is 7.46. The van der Waals surface area contributed by atoms with E-state index >= 15 is 0 Å². The zero-order valence-corrected chi connectivity index (χ0v) is 13.4. The van der Waals surface area contributed by atoms with Crippen LogP contribution in [0.3, 0.4) is 0 Å². The monoisotopic (exact) mass is 287 g/mol. The van der Waals surface area contributed by atoms with Gasteiger partial charge in [0.1, 0.15) is 0 Å². The molecular formula is C17H25N3O.